The topological polar surface area (TPSA) is 45.7 Å². The largest absolute Gasteiger partial charge is 0.492 e. The van der Waals surface area contributed by atoms with Crippen LogP contribution in [0.3, 0.4) is 0 Å². The van der Waals surface area contributed by atoms with E-state index in [2.05, 4.69) is 9.88 Å². The van der Waals surface area contributed by atoms with Crippen molar-refractivity contribution in [1.29, 1.82) is 0 Å². The fraction of sp³-hybridized carbons (Fsp3) is 0.273. The van der Waals surface area contributed by atoms with Crippen molar-refractivity contribution in [2.75, 3.05) is 39.3 Å². The minimum atomic E-state index is 0.0148. The number of nitrogens with zero attached hydrogens (tertiary/aromatic N) is 3. The van der Waals surface area contributed by atoms with E-state index >= 15 is 0 Å². The Hall–Kier alpha value is -2.92. The van der Waals surface area contributed by atoms with Gasteiger partial charge in [-0.15, -0.1) is 0 Å². The zero-order valence-electron chi connectivity index (χ0n) is 15.3. The quantitative estimate of drug-likeness (QED) is 0.701. The maximum absolute atomic E-state index is 12.8. The molecular formula is C22H23N3O2. The fourth-order valence-electron chi connectivity index (χ4n) is 3.33. The number of hydrogen-bond donors (Lipinski definition) is 0. The van der Waals surface area contributed by atoms with Gasteiger partial charge in [-0.1, -0.05) is 42.5 Å². The third-order valence-electron chi connectivity index (χ3n) is 4.90. The Labute approximate surface area is 159 Å². The van der Waals surface area contributed by atoms with Gasteiger partial charge in [-0.25, -0.2) is 4.98 Å². The van der Waals surface area contributed by atoms with Crippen molar-refractivity contribution in [1.82, 2.24) is 14.8 Å². The number of hydrogen-bond acceptors (Lipinski definition) is 4. The zero-order chi connectivity index (χ0) is 18.5. The number of benzene rings is 2. The minimum Gasteiger partial charge on any atom is -0.492 e. The first kappa shape index (κ1) is 17.5. The molecule has 1 aromatic heterocycles. The summed E-state index contributed by atoms with van der Waals surface area (Å²) in [5, 5.41) is 1.05. The zero-order valence-corrected chi connectivity index (χ0v) is 15.3. The Morgan fingerprint density at radius 3 is 2.44 bits per heavy atom. The van der Waals surface area contributed by atoms with Crippen LogP contribution in [0.25, 0.3) is 10.9 Å². The first-order valence-electron chi connectivity index (χ1n) is 9.35. The average molecular weight is 361 g/mol. The van der Waals surface area contributed by atoms with Gasteiger partial charge in [0.15, 0.2) is 0 Å². The summed E-state index contributed by atoms with van der Waals surface area (Å²) < 4.78 is 5.76. The van der Waals surface area contributed by atoms with Crippen LogP contribution in [-0.2, 0) is 0 Å². The second kappa shape index (κ2) is 8.18. The Bertz CT molecular complexity index is 906. The Balaban J connectivity index is 1.28. The first-order chi connectivity index (χ1) is 13.3. The molecule has 1 saturated heterocycles. The summed E-state index contributed by atoms with van der Waals surface area (Å²) in [5.74, 6) is 0.912. The van der Waals surface area contributed by atoms with Crippen LogP contribution >= 0.6 is 0 Å². The molecule has 0 spiro atoms. The van der Waals surface area contributed by atoms with Crippen LogP contribution in [0.2, 0.25) is 0 Å². The number of fused-ring (bicyclic) bond motifs is 1. The molecule has 0 N–H and O–H groups in total. The molecule has 1 aliphatic heterocycles. The highest BCUT2D eigenvalue weighted by molar-refractivity contribution is 5.95. The summed E-state index contributed by atoms with van der Waals surface area (Å²) in [6, 6.07) is 21.5. The molecule has 2 heterocycles. The van der Waals surface area contributed by atoms with Crippen LogP contribution in [0, 0.1) is 0 Å². The van der Waals surface area contributed by atoms with Crippen LogP contribution in [0.4, 0.5) is 0 Å². The van der Waals surface area contributed by atoms with Crippen molar-refractivity contribution in [2.45, 2.75) is 0 Å². The lowest BCUT2D eigenvalue weighted by Gasteiger charge is -2.34. The van der Waals surface area contributed by atoms with Crippen LogP contribution in [-0.4, -0.2) is 60.0 Å². The van der Waals surface area contributed by atoms with Gasteiger partial charge in [0.1, 0.15) is 18.1 Å². The van der Waals surface area contributed by atoms with E-state index in [1.807, 2.05) is 71.6 Å². The minimum absolute atomic E-state index is 0.0148. The standard InChI is InChI=1S/C22H23N3O2/c26-22(21-11-10-18-6-4-5-9-20(18)23-21)25-14-12-24(13-15-25)16-17-27-19-7-2-1-3-8-19/h1-11H,12-17H2. The van der Waals surface area contributed by atoms with Crippen LogP contribution < -0.4 is 4.74 Å². The normalized spacial score (nSPS) is 15.0. The van der Waals surface area contributed by atoms with Crippen molar-refractivity contribution < 1.29 is 9.53 Å². The molecule has 0 unspecified atom stereocenters. The molecule has 27 heavy (non-hydrogen) atoms. The summed E-state index contributed by atoms with van der Waals surface area (Å²) in [5.41, 5.74) is 1.38. The van der Waals surface area contributed by atoms with E-state index in [1.54, 1.807) is 0 Å². The number of carbonyl (C=O) groups excluding carboxylic acids is 1. The van der Waals surface area contributed by atoms with Gasteiger partial charge in [0, 0.05) is 38.1 Å². The number of amides is 1. The van der Waals surface area contributed by atoms with E-state index < -0.39 is 0 Å². The molecule has 1 aliphatic rings. The number of ether oxygens (including phenoxy) is 1. The number of carbonyl (C=O) groups is 1. The molecule has 0 bridgehead atoms. The monoisotopic (exact) mass is 361 g/mol. The third kappa shape index (κ3) is 4.26. The predicted molar refractivity (Wildman–Crippen MR) is 106 cm³/mol. The van der Waals surface area contributed by atoms with Crippen LogP contribution in [0.15, 0.2) is 66.7 Å². The van der Waals surface area contributed by atoms with Crippen molar-refractivity contribution >= 4 is 16.8 Å². The lowest BCUT2D eigenvalue weighted by Crippen LogP contribution is -2.49. The molecule has 0 atom stereocenters. The molecular weight excluding hydrogens is 338 g/mol. The molecule has 4 rings (SSSR count). The number of pyridine rings is 1. The summed E-state index contributed by atoms with van der Waals surface area (Å²) in [7, 11) is 0. The molecule has 0 saturated carbocycles. The smallest absolute Gasteiger partial charge is 0.272 e. The van der Waals surface area contributed by atoms with Gasteiger partial charge in [0.2, 0.25) is 0 Å². The van der Waals surface area contributed by atoms with Crippen molar-refractivity contribution in [3.63, 3.8) is 0 Å². The molecule has 0 radical (unpaired) electrons. The van der Waals surface area contributed by atoms with E-state index in [0.29, 0.717) is 12.3 Å². The highest BCUT2D eigenvalue weighted by atomic mass is 16.5. The van der Waals surface area contributed by atoms with Gasteiger partial charge in [-0.05, 0) is 24.3 Å². The van der Waals surface area contributed by atoms with Crippen LogP contribution in [0.1, 0.15) is 10.5 Å². The number of aromatic nitrogens is 1. The summed E-state index contributed by atoms with van der Waals surface area (Å²) in [6.07, 6.45) is 0. The number of rotatable bonds is 5. The molecule has 1 amide bonds. The summed E-state index contributed by atoms with van der Waals surface area (Å²) in [4.78, 5) is 21.5. The summed E-state index contributed by atoms with van der Waals surface area (Å²) in [6.45, 7) is 4.68. The Morgan fingerprint density at radius 2 is 1.63 bits per heavy atom. The highest BCUT2D eigenvalue weighted by Gasteiger charge is 2.23. The first-order valence-corrected chi connectivity index (χ1v) is 9.35. The van der Waals surface area contributed by atoms with Crippen LogP contribution in [0.5, 0.6) is 5.75 Å². The lowest BCUT2D eigenvalue weighted by atomic mass is 10.2. The van der Waals surface area contributed by atoms with E-state index in [9.17, 15) is 4.79 Å². The van der Waals surface area contributed by atoms with E-state index in [-0.39, 0.29) is 5.91 Å². The average Bonchev–Trinajstić information content (AvgIpc) is 2.74. The predicted octanol–water partition coefficient (Wildman–Crippen LogP) is 3.07. The van der Waals surface area contributed by atoms with Crippen molar-refractivity contribution in [3.8, 4) is 5.75 Å². The van der Waals surface area contributed by atoms with Gasteiger partial charge in [0.05, 0.1) is 5.52 Å². The van der Waals surface area contributed by atoms with Crippen molar-refractivity contribution in [3.05, 3.63) is 72.4 Å². The van der Waals surface area contributed by atoms with E-state index in [4.69, 9.17) is 4.74 Å². The van der Waals surface area contributed by atoms with Crippen molar-refractivity contribution in [2.24, 2.45) is 0 Å². The number of para-hydroxylation sites is 2. The molecule has 1 fully saturated rings. The second-order valence-electron chi connectivity index (χ2n) is 6.68. The Morgan fingerprint density at radius 1 is 0.889 bits per heavy atom. The Kier molecular flexibility index (Phi) is 5.30. The SMILES string of the molecule is O=C(c1ccc2ccccc2n1)N1CCN(CCOc2ccccc2)CC1. The molecule has 5 nitrogen and oxygen atoms in total. The molecule has 2 aromatic carbocycles. The number of piperazine rings is 1. The summed E-state index contributed by atoms with van der Waals surface area (Å²) >= 11 is 0. The molecule has 5 heteroatoms. The highest BCUT2D eigenvalue weighted by Crippen LogP contribution is 2.14. The van der Waals surface area contributed by atoms with Gasteiger partial charge in [-0.3, -0.25) is 9.69 Å². The fourth-order valence-corrected chi connectivity index (χ4v) is 3.33. The van der Waals surface area contributed by atoms with Gasteiger partial charge < -0.3 is 9.64 Å². The molecule has 138 valence electrons. The van der Waals surface area contributed by atoms with E-state index in [0.717, 1.165) is 49.4 Å². The van der Waals surface area contributed by atoms with Gasteiger partial charge in [0.25, 0.3) is 5.91 Å². The second-order valence-corrected chi connectivity index (χ2v) is 6.68. The maximum atomic E-state index is 12.8. The maximum Gasteiger partial charge on any atom is 0.272 e. The van der Waals surface area contributed by atoms with Gasteiger partial charge in [-0.2, -0.15) is 0 Å². The lowest BCUT2D eigenvalue weighted by molar-refractivity contribution is 0.0615. The van der Waals surface area contributed by atoms with E-state index in [1.165, 1.54) is 0 Å². The molecule has 0 aliphatic carbocycles. The third-order valence-corrected chi connectivity index (χ3v) is 4.90. The molecule has 3 aromatic rings. The van der Waals surface area contributed by atoms with Gasteiger partial charge >= 0.3 is 0 Å².